The zero-order valence-corrected chi connectivity index (χ0v) is 18.4. The van der Waals surface area contributed by atoms with Gasteiger partial charge in [-0.25, -0.2) is 0 Å². The van der Waals surface area contributed by atoms with E-state index in [1.54, 1.807) is 23.1 Å². The molecule has 0 radical (unpaired) electrons. The number of thioether (sulfide) groups is 1. The zero-order valence-electron chi connectivity index (χ0n) is 16.7. The van der Waals surface area contributed by atoms with Crippen LogP contribution in [0.1, 0.15) is 59.5 Å². The molecule has 1 unspecified atom stereocenters. The number of carbonyl (C=O) groups excluding carboxylic acids is 1. The maximum absolute atomic E-state index is 12.5. The van der Waals surface area contributed by atoms with Gasteiger partial charge < -0.3 is 9.88 Å². The van der Waals surface area contributed by atoms with Crippen LogP contribution < -0.4 is 5.32 Å². The molecule has 5 nitrogen and oxygen atoms in total. The van der Waals surface area contributed by atoms with Crippen LogP contribution in [0, 0.1) is 11.8 Å². The molecule has 0 bridgehead atoms. The van der Waals surface area contributed by atoms with Gasteiger partial charge in [0.25, 0.3) is 5.91 Å². The molecule has 7 heteroatoms. The number of carbonyl (C=O) groups is 1. The van der Waals surface area contributed by atoms with Gasteiger partial charge in [-0.15, -0.1) is 21.5 Å². The SMILES string of the molecule is CSc1nnc(CCCNC(=O)c2cc3c(s2)CCC(C)C3)n1CC(C)C. The first-order valence-electron chi connectivity index (χ1n) is 9.83. The van der Waals surface area contributed by atoms with Gasteiger partial charge in [-0.05, 0) is 55.4 Å². The number of nitrogens with one attached hydrogen (secondary N) is 1. The number of thiophene rings is 1. The van der Waals surface area contributed by atoms with Crippen LogP contribution in [-0.2, 0) is 25.8 Å². The summed E-state index contributed by atoms with van der Waals surface area (Å²) in [6, 6.07) is 2.11. The Morgan fingerprint density at radius 1 is 1.44 bits per heavy atom. The Balaban J connectivity index is 1.51. The zero-order chi connectivity index (χ0) is 19.4. The monoisotopic (exact) mass is 406 g/mol. The van der Waals surface area contributed by atoms with E-state index in [1.807, 2.05) is 6.26 Å². The summed E-state index contributed by atoms with van der Waals surface area (Å²) < 4.78 is 2.21. The fraction of sp³-hybridized carbons (Fsp3) is 0.650. The molecule has 27 heavy (non-hydrogen) atoms. The summed E-state index contributed by atoms with van der Waals surface area (Å²) in [5, 5.41) is 12.7. The van der Waals surface area contributed by atoms with Crippen molar-refractivity contribution in [2.24, 2.45) is 11.8 Å². The molecule has 1 amide bonds. The largest absolute Gasteiger partial charge is 0.351 e. The van der Waals surface area contributed by atoms with Crippen molar-refractivity contribution in [1.29, 1.82) is 0 Å². The molecule has 2 heterocycles. The molecule has 148 valence electrons. The fourth-order valence-corrected chi connectivity index (χ4v) is 5.20. The van der Waals surface area contributed by atoms with E-state index >= 15 is 0 Å². The lowest BCUT2D eigenvalue weighted by molar-refractivity contribution is 0.0957. The standard InChI is InChI=1S/C20H30N4OS2/c1-13(2)12-24-18(22-23-20(24)26-4)6-5-9-21-19(25)17-11-15-10-14(3)7-8-16(15)27-17/h11,13-14H,5-10,12H2,1-4H3,(H,21,25). The van der Waals surface area contributed by atoms with Gasteiger partial charge in [0, 0.05) is 24.4 Å². The topological polar surface area (TPSA) is 59.8 Å². The molecule has 0 aromatic carbocycles. The van der Waals surface area contributed by atoms with Gasteiger partial charge in [-0.2, -0.15) is 0 Å². The second-order valence-electron chi connectivity index (χ2n) is 7.87. The van der Waals surface area contributed by atoms with Gasteiger partial charge in [0.2, 0.25) is 0 Å². The Morgan fingerprint density at radius 2 is 2.26 bits per heavy atom. The number of hydrogen-bond acceptors (Lipinski definition) is 5. The first kappa shape index (κ1) is 20.4. The first-order chi connectivity index (χ1) is 13.0. The van der Waals surface area contributed by atoms with Crippen LogP contribution in [0.4, 0.5) is 0 Å². The predicted octanol–water partition coefficient (Wildman–Crippen LogP) is 4.20. The van der Waals surface area contributed by atoms with Gasteiger partial charge in [0.15, 0.2) is 5.16 Å². The number of rotatable bonds is 8. The average molecular weight is 407 g/mol. The Kier molecular flexibility index (Phi) is 6.98. The molecule has 1 aliphatic rings. The molecule has 0 saturated carbocycles. The number of fused-ring (bicyclic) bond motifs is 1. The van der Waals surface area contributed by atoms with Crippen molar-refractivity contribution in [3.8, 4) is 0 Å². The molecule has 3 rings (SSSR count). The van der Waals surface area contributed by atoms with E-state index in [4.69, 9.17) is 0 Å². The molecule has 2 aromatic heterocycles. The van der Waals surface area contributed by atoms with E-state index < -0.39 is 0 Å². The second-order valence-corrected chi connectivity index (χ2v) is 9.78. The first-order valence-corrected chi connectivity index (χ1v) is 11.9. The smallest absolute Gasteiger partial charge is 0.261 e. The highest BCUT2D eigenvalue weighted by molar-refractivity contribution is 7.98. The summed E-state index contributed by atoms with van der Waals surface area (Å²) in [6.07, 6.45) is 7.22. The minimum atomic E-state index is 0.0653. The van der Waals surface area contributed by atoms with E-state index in [2.05, 4.69) is 46.9 Å². The normalized spacial score (nSPS) is 16.6. The third-order valence-corrected chi connectivity index (χ3v) is 6.84. The maximum Gasteiger partial charge on any atom is 0.261 e. The van der Waals surface area contributed by atoms with Crippen LogP contribution in [0.15, 0.2) is 11.2 Å². The van der Waals surface area contributed by atoms with Gasteiger partial charge in [0.05, 0.1) is 4.88 Å². The molecule has 2 aromatic rings. The fourth-order valence-electron chi connectivity index (χ4n) is 3.56. The summed E-state index contributed by atoms with van der Waals surface area (Å²) in [6.45, 7) is 8.30. The van der Waals surface area contributed by atoms with Crippen molar-refractivity contribution in [2.45, 2.75) is 64.6 Å². The van der Waals surface area contributed by atoms with E-state index in [-0.39, 0.29) is 5.91 Å². The highest BCUT2D eigenvalue weighted by atomic mass is 32.2. The van der Waals surface area contributed by atoms with Crippen molar-refractivity contribution in [1.82, 2.24) is 20.1 Å². The molecule has 0 saturated heterocycles. The van der Waals surface area contributed by atoms with Crippen molar-refractivity contribution in [3.63, 3.8) is 0 Å². The van der Waals surface area contributed by atoms with Gasteiger partial charge in [-0.3, -0.25) is 4.79 Å². The van der Waals surface area contributed by atoms with Crippen LogP contribution in [0.3, 0.4) is 0 Å². The number of amides is 1. The lowest BCUT2D eigenvalue weighted by atomic mass is 9.90. The van der Waals surface area contributed by atoms with E-state index in [0.29, 0.717) is 12.5 Å². The quantitative estimate of drug-likeness (QED) is 0.527. The molecule has 1 N–H and O–H groups in total. The summed E-state index contributed by atoms with van der Waals surface area (Å²) >= 11 is 3.31. The summed E-state index contributed by atoms with van der Waals surface area (Å²) in [5.41, 5.74) is 1.38. The van der Waals surface area contributed by atoms with E-state index in [1.165, 1.54) is 16.9 Å². The van der Waals surface area contributed by atoms with Crippen molar-refractivity contribution in [3.05, 3.63) is 27.2 Å². The maximum atomic E-state index is 12.5. The second kappa shape index (κ2) is 9.24. The van der Waals surface area contributed by atoms with E-state index in [0.717, 1.165) is 54.0 Å². The third-order valence-electron chi connectivity index (χ3n) is 4.94. The molecule has 1 atom stereocenters. The number of hydrogen-bond donors (Lipinski definition) is 1. The van der Waals surface area contributed by atoms with Crippen LogP contribution >= 0.6 is 23.1 Å². The van der Waals surface area contributed by atoms with Crippen molar-refractivity contribution >= 4 is 29.0 Å². The Hall–Kier alpha value is -1.34. The van der Waals surface area contributed by atoms with Crippen LogP contribution in [0.25, 0.3) is 0 Å². The lowest BCUT2D eigenvalue weighted by Crippen LogP contribution is -2.24. The molecule has 0 aliphatic heterocycles. The third kappa shape index (κ3) is 5.13. The van der Waals surface area contributed by atoms with Crippen molar-refractivity contribution in [2.75, 3.05) is 12.8 Å². The van der Waals surface area contributed by atoms with Crippen LogP contribution in [-0.4, -0.2) is 33.5 Å². The molecular weight excluding hydrogens is 376 g/mol. The minimum absolute atomic E-state index is 0.0653. The minimum Gasteiger partial charge on any atom is -0.351 e. The lowest BCUT2D eigenvalue weighted by Gasteiger charge is -2.16. The van der Waals surface area contributed by atoms with E-state index in [9.17, 15) is 4.79 Å². The van der Waals surface area contributed by atoms with Gasteiger partial charge in [-0.1, -0.05) is 32.5 Å². The van der Waals surface area contributed by atoms with Crippen LogP contribution in [0.2, 0.25) is 0 Å². The highest BCUT2D eigenvalue weighted by Gasteiger charge is 2.20. The highest BCUT2D eigenvalue weighted by Crippen LogP contribution is 2.32. The van der Waals surface area contributed by atoms with Crippen LogP contribution in [0.5, 0.6) is 0 Å². The Morgan fingerprint density at radius 3 is 3.00 bits per heavy atom. The molecule has 1 aliphatic carbocycles. The predicted molar refractivity (Wildman–Crippen MR) is 113 cm³/mol. The summed E-state index contributed by atoms with van der Waals surface area (Å²) in [7, 11) is 0. The molecular formula is C20H30N4OS2. The molecule has 0 spiro atoms. The summed E-state index contributed by atoms with van der Waals surface area (Å²) in [5.74, 6) is 2.37. The van der Waals surface area contributed by atoms with Crippen molar-refractivity contribution < 1.29 is 4.79 Å². The molecule has 0 fully saturated rings. The average Bonchev–Trinajstić information content (AvgIpc) is 3.21. The van der Waals surface area contributed by atoms with Gasteiger partial charge >= 0.3 is 0 Å². The number of aryl methyl sites for hydroxylation is 2. The Bertz CT molecular complexity index is 781. The summed E-state index contributed by atoms with van der Waals surface area (Å²) in [4.78, 5) is 14.8. The van der Waals surface area contributed by atoms with Gasteiger partial charge in [0.1, 0.15) is 5.82 Å². The number of nitrogens with zero attached hydrogens (tertiary/aromatic N) is 3. The number of aromatic nitrogens is 3. The Labute approximate surface area is 170 Å².